The molecule has 2 aliphatic rings. The van der Waals surface area contributed by atoms with Crippen LogP contribution in [0.3, 0.4) is 0 Å². The summed E-state index contributed by atoms with van der Waals surface area (Å²) < 4.78 is 39.0. The predicted molar refractivity (Wildman–Crippen MR) is 115 cm³/mol. The second-order valence-corrected chi connectivity index (χ2v) is 9.38. The molecule has 0 bridgehead atoms. The van der Waals surface area contributed by atoms with Crippen LogP contribution in [-0.4, -0.2) is 32.4 Å². The molecule has 1 saturated carbocycles. The third-order valence-electron chi connectivity index (χ3n) is 6.34. The van der Waals surface area contributed by atoms with Crippen molar-refractivity contribution >= 4 is 17.2 Å². The number of alkyl halides is 3. The molecule has 172 valence electrons. The number of nitrogens with one attached hydrogen (secondary N) is 1. The lowest BCUT2D eigenvalue weighted by Gasteiger charge is -2.30. The molecule has 0 saturated heterocycles. The molecular formula is C23H20F3N3O3S. The van der Waals surface area contributed by atoms with E-state index in [1.807, 2.05) is 17.5 Å². The molecule has 3 heterocycles. The molecule has 10 heteroatoms. The van der Waals surface area contributed by atoms with E-state index in [4.69, 9.17) is 4.98 Å². The third kappa shape index (κ3) is 3.87. The highest BCUT2D eigenvalue weighted by atomic mass is 32.1. The number of amides is 1. The van der Waals surface area contributed by atoms with Crippen LogP contribution in [0.5, 0.6) is 0 Å². The molecule has 1 fully saturated rings. The Kier molecular flexibility index (Phi) is 5.17. The van der Waals surface area contributed by atoms with E-state index in [0.29, 0.717) is 23.5 Å². The maximum Gasteiger partial charge on any atom is 0.416 e. The van der Waals surface area contributed by atoms with Crippen molar-refractivity contribution in [2.75, 3.05) is 6.54 Å². The minimum absolute atomic E-state index is 0.0567. The smallest absolute Gasteiger partial charge is 0.378 e. The highest BCUT2D eigenvalue weighted by Gasteiger charge is 2.49. The first kappa shape index (κ1) is 21.8. The topological polar surface area (TPSA) is 86.3 Å². The molecule has 1 amide bonds. The molecule has 6 nitrogen and oxygen atoms in total. The Balaban J connectivity index is 1.38. The van der Waals surface area contributed by atoms with Gasteiger partial charge in [0.1, 0.15) is 5.82 Å². The first-order chi connectivity index (χ1) is 15.7. The van der Waals surface area contributed by atoms with Gasteiger partial charge in [-0.3, -0.25) is 9.59 Å². The average Bonchev–Trinajstić information content (AvgIpc) is 3.43. The van der Waals surface area contributed by atoms with E-state index in [-0.39, 0.29) is 29.6 Å². The van der Waals surface area contributed by atoms with Crippen molar-refractivity contribution in [3.05, 3.63) is 85.2 Å². The van der Waals surface area contributed by atoms with Crippen molar-refractivity contribution in [3.8, 4) is 0 Å². The van der Waals surface area contributed by atoms with Gasteiger partial charge in [0.15, 0.2) is 6.10 Å². The summed E-state index contributed by atoms with van der Waals surface area (Å²) in [6.45, 7) is 0.155. The number of H-pyrrole nitrogens is 1. The Morgan fingerprint density at radius 3 is 2.70 bits per heavy atom. The largest absolute Gasteiger partial charge is 0.416 e. The van der Waals surface area contributed by atoms with E-state index >= 15 is 0 Å². The number of benzene rings is 1. The summed E-state index contributed by atoms with van der Waals surface area (Å²) in [6.07, 6.45) is -4.20. The fourth-order valence-electron chi connectivity index (χ4n) is 4.32. The third-order valence-corrected chi connectivity index (χ3v) is 7.41. The lowest BCUT2D eigenvalue weighted by Crippen LogP contribution is -2.42. The lowest BCUT2D eigenvalue weighted by molar-refractivity contribution is -0.142. The van der Waals surface area contributed by atoms with Crippen molar-refractivity contribution in [3.63, 3.8) is 0 Å². The zero-order valence-corrected chi connectivity index (χ0v) is 18.2. The van der Waals surface area contributed by atoms with Crippen molar-refractivity contribution in [2.24, 2.45) is 0 Å². The van der Waals surface area contributed by atoms with Crippen LogP contribution in [0.4, 0.5) is 13.2 Å². The van der Waals surface area contributed by atoms with Crippen LogP contribution in [0.1, 0.15) is 52.0 Å². The van der Waals surface area contributed by atoms with Crippen LogP contribution in [0.2, 0.25) is 0 Å². The van der Waals surface area contributed by atoms with Gasteiger partial charge < -0.3 is 15.0 Å². The quantitative estimate of drug-likeness (QED) is 0.604. The number of aliphatic hydroxyl groups is 1. The number of carbonyl (C=O) groups is 1. The van der Waals surface area contributed by atoms with E-state index in [2.05, 4.69) is 4.98 Å². The zero-order valence-electron chi connectivity index (χ0n) is 17.4. The highest BCUT2D eigenvalue weighted by Crippen LogP contribution is 2.53. The molecule has 3 aromatic rings. The Morgan fingerprint density at radius 2 is 2.03 bits per heavy atom. The van der Waals surface area contributed by atoms with Crippen LogP contribution in [-0.2, 0) is 29.4 Å². The number of aliphatic hydroxyl groups excluding tert-OH is 1. The number of rotatable bonds is 4. The van der Waals surface area contributed by atoms with E-state index in [0.717, 1.165) is 35.9 Å². The number of aromatic amines is 1. The molecule has 0 unspecified atom stereocenters. The van der Waals surface area contributed by atoms with Crippen LogP contribution in [0.25, 0.3) is 0 Å². The minimum Gasteiger partial charge on any atom is -0.378 e. The van der Waals surface area contributed by atoms with E-state index < -0.39 is 23.8 Å². The summed E-state index contributed by atoms with van der Waals surface area (Å²) in [6, 6.07) is 8.07. The second-order valence-electron chi connectivity index (χ2n) is 8.43. The summed E-state index contributed by atoms with van der Waals surface area (Å²) in [5, 5.41) is 12.4. The van der Waals surface area contributed by atoms with E-state index in [1.165, 1.54) is 11.0 Å². The Hall–Kier alpha value is -2.98. The summed E-state index contributed by atoms with van der Waals surface area (Å²) >= 11 is 1.63. The molecule has 1 aromatic carbocycles. The van der Waals surface area contributed by atoms with Crippen molar-refractivity contribution in [1.29, 1.82) is 0 Å². The van der Waals surface area contributed by atoms with Crippen molar-refractivity contribution in [1.82, 2.24) is 14.9 Å². The number of thiophene rings is 1. The van der Waals surface area contributed by atoms with Crippen molar-refractivity contribution < 1.29 is 23.1 Å². The Bertz CT molecular complexity index is 1270. The van der Waals surface area contributed by atoms with Gasteiger partial charge in [0.2, 0.25) is 0 Å². The molecule has 1 aliphatic carbocycles. The zero-order chi connectivity index (χ0) is 23.4. The summed E-state index contributed by atoms with van der Waals surface area (Å²) in [5.74, 6) is -0.113. The van der Waals surface area contributed by atoms with Gasteiger partial charge in [0.05, 0.1) is 28.8 Å². The van der Waals surface area contributed by atoms with Crippen LogP contribution in [0.15, 0.2) is 46.6 Å². The summed E-state index contributed by atoms with van der Waals surface area (Å²) in [5.41, 5.74) is -0.706. The highest BCUT2D eigenvalue weighted by molar-refractivity contribution is 7.10. The predicted octanol–water partition coefficient (Wildman–Crippen LogP) is 3.55. The van der Waals surface area contributed by atoms with Gasteiger partial charge in [-0.1, -0.05) is 18.2 Å². The van der Waals surface area contributed by atoms with Crippen LogP contribution < -0.4 is 5.56 Å². The molecule has 2 aromatic heterocycles. The van der Waals surface area contributed by atoms with Gasteiger partial charge in [0.25, 0.3) is 11.5 Å². The maximum absolute atomic E-state index is 13.0. The van der Waals surface area contributed by atoms with Gasteiger partial charge in [-0.25, -0.2) is 4.98 Å². The van der Waals surface area contributed by atoms with Crippen LogP contribution in [0, 0.1) is 0 Å². The average molecular weight is 475 g/mol. The molecule has 0 radical (unpaired) electrons. The van der Waals surface area contributed by atoms with Crippen molar-refractivity contribution in [2.45, 2.75) is 43.5 Å². The number of halogens is 3. The minimum atomic E-state index is -4.58. The molecule has 0 spiro atoms. The molecular weight excluding hydrogens is 455 g/mol. The second kappa shape index (κ2) is 7.81. The first-order valence-electron chi connectivity index (χ1n) is 10.5. The van der Waals surface area contributed by atoms with E-state index in [1.54, 1.807) is 11.3 Å². The monoisotopic (exact) mass is 475 g/mol. The Labute approximate surface area is 190 Å². The maximum atomic E-state index is 13.0. The molecule has 2 N–H and O–H groups in total. The Morgan fingerprint density at radius 1 is 1.24 bits per heavy atom. The molecule has 5 rings (SSSR count). The fourth-order valence-corrected chi connectivity index (χ4v) is 5.30. The standard InChI is InChI=1S/C23H20F3N3O3S/c24-23(25,26)14-4-1-3-13(11-14)18(30)20(32)29-9-6-16-15(12-29)19(31)28-21(27-16)22(7-8-22)17-5-2-10-33-17/h1-5,10-11,18,30H,6-9,12H2,(H,27,28,31)/t18-/m1/s1. The normalized spacial score (nSPS) is 18.0. The summed E-state index contributed by atoms with van der Waals surface area (Å²) in [7, 11) is 0. The number of fused-ring (bicyclic) bond motifs is 1. The van der Waals surface area contributed by atoms with Crippen LogP contribution >= 0.6 is 11.3 Å². The number of carbonyl (C=O) groups excluding carboxylic acids is 1. The van der Waals surface area contributed by atoms with Gasteiger partial charge in [0, 0.05) is 17.8 Å². The molecule has 33 heavy (non-hydrogen) atoms. The number of aromatic nitrogens is 2. The SMILES string of the molecule is O=C([C@H](O)c1cccc(C(F)(F)F)c1)N1CCc2nc(C3(c4cccs4)CC3)[nH]c(=O)c2C1. The van der Waals surface area contributed by atoms with Gasteiger partial charge in [-0.15, -0.1) is 11.3 Å². The fraction of sp³-hybridized carbons (Fsp3) is 0.348. The summed E-state index contributed by atoms with van der Waals surface area (Å²) in [4.78, 5) is 35.8. The van der Waals surface area contributed by atoms with Gasteiger partial charge in [-0.2, -0.15) is 13.2 Å². The molecule has 1 atom stereocenters. The molecule has 1 aliphatic heterocycles. The first-order valence-corrected chi connectivity index (χ1v) is 11.4. The lowest BCUT2D eigenvalue weighted by atomic mass is 10.0. The number of hydrogen-bond donors (Lipinski definition) is 2. The van der Waals surface area contributed by atoms with Gasteiger partial charge in [-0.05, 0) is 42.0 Å². The van der Waals surface area contributed by atoms with Gasteiger partial charge >= 0.3 is 6.18 Å². The number of nitrogens with zero attached hydrogens (tertiary/aromatic N) is 2. The van der Waals surface area contributed by atoms with E-state index in [9.17, 15) is 27.9 Å². The number of hydrogen-bond acceptors (Lipinski definition) is 5.